The number of nitrogens with zero attached hydrogens (tertiary/aromatic N) is 1. The number of hydrogen-bond acceptors (Lipinski definition) is 4. The minimum atomic E-state index is -0.00387. The number of ether oxygens (including phenoxy) is 1. The van der Waals surface area contributed by atoms with Gasteiger partial charge in [0.25, 0.3) is 0 Å². The zero-order chi connectivity index (χ0) is 15.7. The van der Waals surface area contributed by atoms with Crippen molar-refractivity contribution >= 4 is 11.3 Å². The Kier molecular flexibility index (Phi) is 5.11. The van der Waals surface area contributed by atoms with Crippen LogP contribution in [0.1, 0.15) is 65.1 Å². The highest BCUT2D eigenvalue weighted by atomic mass is 32.1. The first-order valence-corrected chi connectivity index (χ1v) is 8.99. The molecule has 2 rings (SSSR count). The van der Waals surface area contributed by atoms with Gasteiger partial charge in [-0.2, -0.15) is 0 Å². The second-order valence-corrected chi connectivity index (χ2v) is 8.37. The Bertz CT molecular complexity index is 460. The summed E-state index contributed by atoms with van der Waals surface area (Å²) in [6.45, 7) is 15.1. The van der Waals surface area contributed by atoms with E-state index in [4.69, 9.17) is 9.72 Å². The van der Waals surface area contributed by atoms with Crippen LogP contribution in [-0.2, 0) is 15.7 Å². The summed E-state index contributed by atoms with van der Waals surface area (Å²) in [6, 6.07) is 0. The van der Waals surface area contributed by atoms with Gasteiger partial charge in [-0.1, -0.05) is 41.5 Å². The first-order valence-electron chi connectivity index (χ1n) is 8.11. The summed E-state index contributed by atoms with van der Waals surface area (Å²) in [5.41, 5.74) is 1.31. The third-order valence-corrected chi connectivity index (χ3v) is 5.40. The molecule has 2 unspecified atom stereocenters. The summed E-state index contributed by atoms with van der Waals surface area (Å²) in [5, 5.41) is 7.20. The van der Waals surface area contributed by atoms with Crippen LogP contribution < -0.4 is 5.32 Å². The van der Waals surface area contributed by atoms with Gasteiger partial charge in [0.05, 0.1) is 17.3 Å². The molecule has 0 spiro atoms. The summed E-state index contributed by atoms with van der Waals surface area (Å²) < 4.78 is 5.97. The minimum Gasteiger partial charge on any atom is -0.378 e. The molecule has 0 aromatic carbocycles. The minimum absolute atomic E-state index is 0.00387. The molecule has 1 aromatic rings. The molecule has 0 aliphatic carbocycles. The molecule has 0 radical (unpaired) electrons. The fourth-order valence-electron chi connectivity index (χ4n) is 2.92. The van der Waals surface area contributed by atoms with Crippen LogP contribution in [0.2, 0.25) is 0 Å². The molecule has 1 aliphatic rings. The first-order chi connectivity index (χ1) is 9.78. The van der Waals surface area contributed by atoms with Crippen LogP contribution in [-0.4, -0.2) is 24.2 Å². The van der Waals surface area contributed by atoms with Crippen LogP contribution in [0.25, 0.3) is 0 Å². The van der Waals surface area contributed by atoms with Gasteiger partial charge in [0.2, 0.25) is 0 Å². The summed E-state index contributed by atoms with van der Waals surface area (Å²) in [7, 11) is 0. The molecule has 1 aromatic heterocycles. The topological polar surface area (TPSA) is 34.2 Å². The van der Waals surface area contributed by atoms with Crippen LogP contribution in [0, 0.1) is 5.92 Å². The van der Waals surface area contributed by atoms with Crippen molar-refractivity contribution in [2.45, 2.75) is 71.4 Å². The van der Waals surface area contributed by atoms with E-state index in [0.717, 1.165) is 26.0 Å². The monoisotopic (exact) mass is 310 g/mol. The van der Waals surface area contributed by atoms with Gasteiger partial charge >= 0.3 is 0 Å². The van der Waals surface area contributed by atoms with Crippen LogP contribution >= 0.6 is 11.3 Å². The highest BCUT2D eigenvalue weighted by Gasteiger charge is 2.41. The Morgan fingerprint density at radius 2 is 2.19 bits per heavy atom. The van der Waals surface area contributed by atoms with E-state index in [0.29, 0.717) is 12.0 Å². The van der Waals surface area contributed by atoms with Crippen molar-refractivity contribution in [3.8, 4) is 0 Å². The largest absolute Gasteiger partial charge is 0.378 e. The molecule has 0 bridgehead atoms. The highest BCUT2D eigenvalue weighted by Crippen LogP contribution is 2.39. The number of hydrogen-bond donors (Lipinski definition) is 1. The smallest absolute Gasteiger partial charge is 0.113 e. The van der Waals surface area contributed by atoms with Gasteiger partial charge in [-0.15, -0.1) is 11.3 Å². The Balaban J connectivity index is 2.31. The molecule has 3 nitrogen and oxygen atoms in total. The van der Waals surface area contributed by atoms with Crippen LogP contribution in [0.15, 0.2) is 5.38 Å². The molecule has 120 valence electrons. The molecular formula is C17H30N2OS. The lowest BCUT2D eigenvalue weighted by Gasteiger charge is -2.41. The average Bonchev–Trinajstić information content (AvgIpc) is 2.89. The van der Waals surface area contributed by atoms with E-state index in [1.54, 1.807) is 11.3 Å². The van der Waals surface area contributed by atoms with Crippen LogP contribution in [0.5, 0.6) is 0 Å². The number of aromatic nitrogens is 1. The molecular weight excluding hydrogens is 280 g/mol. The predicted molar refractivity (Wildman–Crippen MR) is 90.0 cm³/mol. The van der Waals surface area contributed by atoms with E-state index in [2.05, 4.69) is 52.2 Å². The van der Waals surface area contributed by atoms with Crippen molar-refractivity contribution in [2.24, 2.45) is 5.92 Å². The predicted octanol–water partition coefficient (Wildman–Crippen LogP) is 4.08. The molecule has 1 N–H and O–H groups in total. The van der Waals surface area contributed by atoms with E-state index in [1.807, 2.05) is 0 Å². The van der Waals surface area contributed by atoms with Crippen molar-refractivity contribution < 1.29 is 4.74 Å². The van der Waals surface area contributed by atoms with Crippen molar-refractivity contribution in [2.75, 3.05) is 13.2 Å². The lowest BCUT2D eigenvalue weighted by Crippen LogP contribution is -2.50. The summed E-state index contributed by atoms with van der Waals surface area (Å²) in [6.07, 6.45) is 2.36. The SMILES string of the molecule is CCNC1(c2nc(C(C)(C)C)cs2)CCOC(C(C)C)C1. The van der Waals surface area contributed by atoms with Crippen LogP contribution in [0.4, 0.5) is 0 Å². The molecule has 21 heavy (non-hydrogen) atoms. The van der Waals surface area contributed by atoms with E-state index in [9.17, 15) is 0 Å². The van der Waals surface area contributed by atoms with Crippen molar-refractivity contribution in [3.63, 3.8) is 0 Å². The van der Waals surface area contributed by atoms with Gasteiger partial charge < -0.3 is 10.1 Å². The zero-order valence-electron chi connectivity index (χ0n) is 14.3. The summed E-state index contributed by atoms with van der Waals surface area (Å²) in [5.74, 6) is 0.547. The molecule has 1 saturated heterocycles. The fraction of sp³-hybridized carbons (Fsp3) is 0.824. The van der Waals surface area contributed by atoms with Gasteiger partial charge in [-0.25, -0.2) is 4.98 Å². The third-order valence-electron chi connectivity index (χ3n) is 4.35. The van der Waals surface area contributed by atoms with Gasteiger partial charge in [-0.3, -0.25) is 0 Å². The van der Waals surface area contributed by atoms with E-state index < -0.39 is 0 Å². The standard InChI is InChI=1S/C17H30N2OS/c1-7-18-17(8-9-20-13(10-17)12(2)3)15-19-14(11-21-15)16(4,5)6/h11-13,18H,7-10H2,1-6H3. The lowest BCUT2D eigenvalue weighted by molar-refractivity contribution is -0.0531. The quantitative estimate of drug-likeness (QED) is 0.910. The average molecular weight is 311 g/mol. The second kappa shape index (κ2) is 6.35. The van der Waals surface area contributed by atoms with Crippen LogP contribution in [0.3, 0.4) is 0 Å². The molecule has 4 heteroatoms. The normalized spacial score (nSPS) is 27.3. The lowest BCUT2D eigenvalue weighted by atomic mass is 9.83. The maximum absolute atomic E-state index is 5.97. The molecule has 1 aliphatic heterocycles. The Morgan fingerprint density at radius 1 is 1.48 bits per heavy atom. The maximum Gasteiger partial charge on any atom is 0.113 e. The second-order valence-electron chi connectivity index (χ2n) is 7.51. The Morgan fingerprint density at radius 3 is 2.71 bits per heavy atom. The van der Waals surface area contributed by atoms with Gasteiger partial charge in [0.15, 0.2) is 0 Å². The van der Waals surface area contributed by atoms with Crippen molar-refractivity contribution in [1.29, 1.82) is 0 Å². The number of nitrogens with one attached hydrogen (secondary N) is 1. The molecule has 1 fully saturated rings. The maximum atomic E-state index is 5.97. The first kappa shape index (κ1) is 16.9. The van der Waals surface area contributed by atoms with Crippen molar-refractivity contribution in [3.05, 3.63) is 16.1 Å². The summed E-state index contributed by atoms with van der Waals surface area (Å²) in [4.78, 5) is 4.99. The van der Waals surface area contributed by atoms with Crippen molar-refractivity contribution in [1.82, 2.24) is 10.3 Å². The third kappa shape index (κ3) is 3.66. The zero-order valence-corrected chi connectivity index (χ0v) is 15.1. The van der Waals surface area contributed by atoms with Gasteiger partial charge in [-0.05, 0) is 25.3 Å². The summed E-state index contributed by atoms with van der Waals surface area (Å²) >= 11 is 1.81. The highest BCUT2D eigenvalue weighted by molar-refractivity contribution is 7.09. The molecule has 2 heterocycles. The Labute approximate surface area is 133 Å². The van der Waals surface area contributed by atoms with Gasteiger partial charge in [0.1, 0.15) is 5.01 Å². The van der Waals surface area contributed by atoms with E-state index >= 15 is 0 Å². The fourth-order valence-corrected chi connectivity index (χ4v) is 4.19. The van der Waals surface area contributed by atoms with E-state index in [-0.39, 0.29) is 11.0 Å². The number of thiazole rings is 1. The molecule has 0 amide bonds. The molecule has 2 atom stereocenters. The number of rotatable bonds is 4. The van der Waals surface area contributed by atoms with E-state index in [1.165, 1.54) is 10.7 Å². The van der Waals surface area contributed by atoms with Gasteiger partial charge in [0, 0.05) is 17.4 Å². The Hall–Kier alpha value is -0.450. The molecule has 0 saturated carbocycles.